The first-order valence-electron chi connectivity index (χ1n) is 6.71. The van der Waals surface area contributed by atoms with Crippen LogP contribution in [0.25, 0.3) is 0 Å². The maximum atomic E-state index is 12.7. The Bertz CT molecular complexity index is 666. The highest BCUT2D eigenvalue weighted by Crippen LogP contribution is 2.30. The van der Waals surface area contributed by atoms with Crippen LogP contribution in [0.15, 0.2) is 46.9 Å². The maximum absolute atomic E-state index is 12.7. The average molecular weight is 441 g/mol. The third-order valence-electron chi connectivity index (χ3n) is 3.91. The molecule has 3 heteroatoms. The van der Waals surface area contributed by atoms with Crippen LogP contribution in [0.3, 0.4) is 0 Å². The number of benzene rings is 2. The molecule has 1 atom stereocenters. The first-order valence-corrected chi connectivity index (χ1v) is 8.58. The Morgan fingerprint density at radius 2 is 1.90 bits per heavy atom. The van der Waals surface area contributed by atoms with Crippen LogP contribution >= 0.6 is 38.5 Å². The normalized spacial score (nSPS) is 17.6. The number of aryl methyl sites for hydroxylation is 1. The minimum Gasteiger partial charge on any atom is -0.294 e. The molecule has 1 aliphatic rings. The molecule has 1 aliphatic carbocycles. The molecule has 2 aromatic rings. The summed E-state index contributed by atoms with van der Waals surface area (Å²) in [6.45, 7) is 0. The van der Waals surface area contributed by atoms with Gasteiger partial charge in [0.15, 0.2) is 5.78 Å². The monoisotopic (exact) mass is 440 g/mol. The number of ketones is 1. The molecular weight excluding hydrogens is 427 g/mol. The highest BCUT2D eigenvalue weighted by Gasteiger charge is 2.26. The molecule has 1 nitrogen and oxygen atoms in total. The second kappa shape index (κ2) is 5.98. The van der Waals surface area contributed by atoms with Crippen LogP contribution in [0.1, 0.15) is 27.9 Å². The van der Waals surface area contributed by atoms with Crippen molar-refractivity contribution in [2.24, 2.45) is 5.92 Å². The lowest BCUT2D eigenvalue weighted by atomic mass is 9.80. The fraction of sp³-hybridized carbons (Fsp3) is 0.235. The molecule has 0 aliphatic heterocycles. The maximum Gasteiger partial charge on any atom is 0.167 e. The second-order valence-corrected chi connectivity index (χ2v) is 7.30. The van der Waals surface area contributed by atoms with Crippen LogP contribution in [0.2, 0.25) is 0 Å². The highest BCUT2D eigenvalue weighted by molar-refractivity contribution is 14.1. The van der Waals surface area contributed by atoms with Crippen molar-refractivity contribution in [2.75, 3.05) is 0 Å². The second-order valence-electron chi connectivity index (χ2n) is 5.20. The fourth-order valence-electron chi connectivity index (χ4n) is 2.83. The topological polar surface area (TPSA) is 17.1 Å². The number of rotatable bonds is 2. The van der Waals surface area contributed by atoms with E-state index >= 15 is 0 Å². The molecule has 102 valence electrons. The largest absolute Gasteiger partial charge is 0.294 e. The Balaban J connectivity index is 1.88. The number of hydrogen-bond acceptors (Lipinski definition) is 1. The third kappa shape index (κ3) is 2.84. The summed E-state index contributed by atoms with van der Waals surface area (Å²) in [6.07, 6.45) is 2.83. The van der Waals surface area contributed by atoms with Gasteiger partial charge in [0.25, 0.3) is 0 Å². The van der Waals surface area contributed by atoms with Crippen molar-refractivity contribution >= 4 is 44.3 Å². The summed E-state index contributed by atoms with van der Waals surface area (Å²) in [6, 6.07) is 14.4. The summed E-state index contributed by atoms with van der Waals surface area (Å²) in [7, 11) is 0. The van der Waals surface area contributed by atoms with E-state index in [9.17, 15) is 4.79 Å². The first kappa shape index (κ1) is 14.3. The zero-order valence-electron chi connectivity index (χ0n) is 10.9. The van der Waals surface area contributed by atoms with Gasteiger partial charge in [-0.05, 0) is 71.2 Å². The van der Waals surface area contributed by atoms with Crippen LogP contribution in [0, 0.1) is 9.49 Å². The van der Waals surface area contributed by atoms with E-state index < -0.39 is 0 Å². The van der Waals surface area contributed by atoms with Gasteiger partial charge in [0.2, 0.25) is 0 Å². The molecule has 0 fully saturated rings. The summed E-state index contributed by atoms with van der Waals surface area (Å²) < 4.78 is 2.01. The van der Waals surface area contributed by atoms with Crippen LogP contribution in [0.5, 0.6) is 0 Å². The van der Waals surface area contributed by atoms with Gasteiger partial charge >= 0.3 is 0 Å². The van der Waals surface area contributed by atoms with E-state index in [1.54, 1.807) is 0 Å². The van der Waals surface area contributed by atoms with E-state index in [1.807, 2.05) is 18.2 Å². The molecule has 2 aromatic carbocycles. The zero-order chi connectivity index (χ0) is 14.1. The molecule has 0 spiro atoms. The predicted octanol–water partition coefficient (Wildman–Crippen LogP) is 5.04. The number of carbonyl (C=O) groups is 1. The van der Waals surface area contributed by atoms with Crippen molar-refractivity contribution in [3.8, 4) is 0 Å². The Hall–Kier alpha value is -0.680. The van der Waals surface area contributed by atoms with Crippen LogP contribution in [0.4, 0.5) is 0 Å². The minimum absolute atomic E-state index is 0.111. The minimum atomic E-state index is 0.111. The van der Waals surface area contributed by atoms with Crippen molar-refractivity contribution in [1.82, 2.24) is 0 Å². The number of fused-ring (bicyclic) bond motifs is 1. The van der Waals surface area contributed by atoms with Crippen LogP contribution in [-0.4, -0.2) is 5.78 Å². The zero-order valence-corrected chi connectivity index (χ0v) is 14.6. The lowest BCUT2D eigenvalue weighted by Crippen LogP contribution is -2.23. The van der Waals surface area contributed by atoms with Gasteiger partial charge in [0.1, 0.15) is 0 Å². The Kier molecular flexibility index (Phi) is 4.26. The summed E-state index contributed by atoms with van der Waals surface area (Å²) in [5, 5.41) is 0. The molecule has 0 heterocycles. The van der Waals surface area contributed by atoms with Gasteiger partial charge in [-0.1, -0.05) is 40.2 Å². The van der Waals surface area contributed by atoms with Crippen LogP contribution in [-0.2, 0) is 12.8 Å². The first-order chi connectivity index (χ1) is 9.65. The van der Waals surface area contributed by atoms with E-state index in [0.29, 0.717) is 0 Å². The van der Waals surface area contributed by atoms with Gasteiger partial charge in [0.05, 0.1) is 0 Å². The van der Waals surface area contributed by atoms with Gasteiger partial charge in [-0.15, -0.1) is 0 Å². The molecule has 0 saturated carbocycles. The number of Topliss-reactive ketones (excluding diaryl/α,β-unsaturated/α-hetero) is 1. The predicted molar refractivity (Wildman–Crippen MR) is 93.1 cm³/mol. The van der Waals surface area contributed by atoms with E-state index in [2.05, 4.69) is 62.8 Å². The summed E-state index contributed by atoms with van der Waals surface area (Å²) in [4.78, 5) is 12.7. The lowest BCUT2D eigenvalue weighted by molar-refractivity contribution is 0.0908. The van der Waals surface area contributed by atoms with E-state index in [4.69, 9.17) is 0 Å². The van der Waals surface area contributed by atoms with Gasteiger partial charge in [-0.2, -0.15) is 0 Å². The van der Waals surface area contributed by atoms with Crippen molar-refractivity contribution in [3.63, 3.8) is 0 Å². The molecule has 0 N–H and O–H groups in total. The third-order valence-corrected chi connectivity index (χ3v) is 5.27. The van der Waals surface area contributed by atoms with Crippen molar-refractivity contribution in [3.05, 3.63) is 67.2 Å². The summed E-state index contributed by atoms with van der Waals surface area (Å²) in [5.74, 6) is 0.379. The molecule has 1 unspecified atom stereocenters. The van der Waals surface area contributed by atoms with Gasteiger partial charge in [0, 0.05) is 19.5 Å². The lowest BCUT2D eigenvalue weighted by Gasteiger charge is -2.24. The molecular formula is C17H14BrIO. The molecule has 0 bridgehead atoms. The fourth-order valence-corrected chi connectivity index (χ4v) is 3.76. The van der Waals surface area contributed by atoms with E-state index in [1.165, 1.54) is 11.1 Å². The number of hydrogen-bond donors (Lipinski definition) is 0. The molecule has 0 aromatic heterocycles. The van der Waals surface area contributed by atoms with E-state index in [0.717, 1.165) is 32.9 Å². The van der Waals surface area contributed by atoms with Gasteiger partial charge in [-0.3, -0.25) is 4.79 Å². The highest BCUT2D eigenvalue weighted by atomic mass is 127. The number of carbonyl (C=O) groups excluding carboxylic acids is 1. The van der Waals surface area contributed by atoms with Crippen LogP contribution < -0.4 is 0 Å². The van der Waals surface area contributed by atoms with Gasteiger partial charge < -0.3 is 0 Å². The Morgan fingerprint density at radius 1 is 1.15 bits per heavy atom. The van der Waals surface area contributed by atoms with E-state index in [-0.39, 0.29) is 11.7 Å². The summed E-state index contributed by atoms with van der Waals surface area (Å²) in [5.41, 5.74) is 3.55. The summed E-state index contributed by atoms with van der Waals surface area (Å²) >= 11 is 5.76. The van der Waals surface area contributed by atoms with Gasteiger partial charge in [-0.25, -0.2) is 0 Å². The SMILES string of the molecule is O=C(c1cc(I)ccc1Br)C1CCc2ccccc2C1. The smallest absolute Gasteiger partial charge is 0.167 e. The number of halogens is 2. The van der Waals surface area contributed by atoms with Crippen molar-refractivity contribution in [2.45, 2.75) is 19.3 Å². The molecule has 0 saturated heterocycles. The standard InChI is InChI=1S/C17H14BrIO/c18-16-8-7-14(19)10-15(16)17(20)13-6-5-11-3-1-2-4-12(11)9-13/h1-4,7-8,10,13H,5-6,9H2. The molecule has 0 amide bonds. The Labute approximate surface area is 141 Å². The molecule has 3 rings (SSSR count). The molecule has 20 heavy (non-hydrogen) atoms. The van der Waals surface area contributed by atoms with Crippen molar-refractivity contribution in [1.29, 1.82) is 0 Å². The average Bonchev–Trinajstić information content (AvgIpc) is 2.48. The quantitative estimate of drug-likeness (QED) is 0.472. The Morgan fingerprint density at radius 3 is 2.70 bits per heavy atom. The van der Waals surface area contributed by atoms with Crippen molar-refractivity contribution < 1.29 is 4.79 Å². The molecule has 0 radical (unpaired) electrons.